The fourth-order valence-corrected chi connectivity index (χ4v) is 3.34. The Morgan fingerprint density at radius 3 is 1.96 bits per heavy atom. The molecule has 0 aromatic heterocycles. The van der Waals surface area contributed by atoms with Crippen molar-refractivity contribution in [2.45, 2.75) is 20.8 Å². The number of hydrogen-bond acceptors (Lipinski definition) is 4. The van der Waals surface area contributed by atoms with Gasteiger partial charge in [0.1, 0.15) is 0 Å². The summed E-state index contributed by atoms with van der Waals surface area (Å²) < 4.78 is 10.5. The van der Waals surface area contributed by atoms with Gasteiger partial charge in [-0.25, -0.2) is 0 Å². The molecule has 0 atom stereocenters. The molecular weight excluding hydrogens is 312 g/mol. The Kier molecular flexibility index (Phi) is 6.85. The minimum atomic E-state index is 0.673. The SMILES string of the molecule is COCCN(CCOC)c1ccc(N)c(-c2c(C)cc(C)cc2C)c1. The maximum Gasteiger partial charge on any atom is 0.0637 e. The summed E-state index contributed by atoms with van der Waals surface area (Å²) in [4.78, 5) is 2.27. The highest BCUT2D eigenvalue weighted by Crippen LogP contribution is 2.35. The van der Waals surface area contributed by atoms with Crippen molar-refractivity contribution in [2.24, 2.45) is 0 Å². The number of nitrogens with zero attached hydrogens (tertiary/aromatic N) is 1. The second-order valence-electron chi connectivity index (χ2n) is 6.52. The molecule has 0 bridgehead atoms. The first kappa shape index (κ1) is 19.3. The van der Waals surface area contributed by atoms with Crippen LogP contribution in [0, 0.1) is 20.8 Å². The molecule has 2 aromatic carbocycles. The molecule has 0 heterocycles. The van der Waals surface area contributed by atoms with Gasteiger partial charge in [0.15, 0.2) is 0 Å². The maximum absolute atomic E-state index is 6.33. The lowest BCUT2D eigenvalue weighted by molar-refractivity contribution is 0.190. The van der Waals surface area contributed by atoms with Crippen molar-refractivity contribution in [3.05, 3.63) is 47.0 Å². The molecule has 0 spiro atoms. The Balaban J connectivity index is 2.45. The van der Waals surface area contributed by atoms with Gasteiger partial charge in [0, 0.05) is 44.2 Å². The highest BCUT2D eigenvalue weighted by atomic mass is 16.5. The van der Waals surface area contributed by atoms with Crippen molar-refractivity contribution in [3.8, 4) is 11.1 Å². The number of hydrogen-bond donors (Lipinski definition) is 1. The summed E-state index contributed by atoms with van der Waals surface area (Å²) >= 11 is 0. The summed E-state index contributed by atoms with van der Waals surface area (Å²) in [5.41, 5.74) is 14.4. The van der Waals surface area contributed by atoms with E-state index in [0.29, 0.717) is 13.2 Å². The van der Waals surface area contributed by atoms with Crippen LogP contribution in [0.5, 0.6) is 0 Å². The van der Waals surface area contributed by atoms with E-state index in [1.54, 1.807) is 14.2 Å². The van der Waals surface area contributed by atoms with Gasteiger partial charge in [0.25, 0.3) is 0 Å². The number of aryl methyl sites for hydroxylation is 3. The Bertz CT molecular complexity index is 682. The molecule has 0 unspecified atom stereocenters. The standard InChI is InChI=1S/C21H30N2O2/c1-15-12-16(2)21(17(3)13-15)19-14-18(6-7-20(19)22)23(8-10-24-4)9-11-25-5/h6-7,12-14H,8-11,22H2,1-5H3. The van der Waals surface area contributed by atoms with Crippen molar-refractivity contribution < 1.29 is 9.47 Å². The molecule has 4 heteroatoms. The van der Waals surface area contributed by atoms with Crippen molar-refractivity contribution >= 4 is 11.4 Å². The minimum Gasteiger partial charge on any atom is -0.398 e. The lowest BCUT2D eigenvalue weighted by Gasteiger charge is -2.25. The van der Waals surface area contributed by atoms with E-state index in [1.165, 1.54) is 22.3 Å². The second-order valence-corrected chi connectivity index (χ2v) is 6.52. The molecule has 4 nitrogen and oxygen atoms in total. The highest BCUT2D eigenvalue weighted by Gasteiger charge is 2.13. The molecule has 0 fully saturated rings. The van der Waals surface area contributed by atoms with Gasteiger partial charge < -0.3 is 20.1 Å². The Morgan fingerprint density at radius 1 is 0.880 bits per heavy atom. The molecule has 2 N–H and O–H groups in total. The summed E-state index contributed by atoms with van der Waals surface area (Å²) in [6, 6.07) is 10.7. The van der Waals surface area contributed by atoms with Gasteiger partial charge >= 0.3 is 0 Å². The van der Waals surface area contributed by atoms with Gasteiger partial charge in [-0.3, -0.25) is 0 Å². The Morgan fingerprint density at radius 2 is 1.44 bits per heavy atom. The summed E-state index contributed by atoms with van der Waals surface area (Å²) in [6.07, 6.45) is 0. The summed E-state index contributed by atoms with van der Waals surface area (Å²) in [6.45, 7) is 9.40. The predicted molar refractivity (Wildman–Crippen MR) is 106 cm³/mol. The average molecular weight is 342 g/mol. The molecular formula is C21H30N2O2. The smallest absolute Gasteiger partial charge is 0.0637 e. The number of methoxy groups -OCH3 is 2. The number of nitrogens with two attached hydrogens (primary N) is 1. The normalized spacial score (nSPS) is 10.9. The summed E-state index contributed by atoms with van der Waals surface area (Å²) in [5, 5.41) is 0. The van der Waals surface area contributed by atoms with Crippen LogP contribution in [0.25, 0.3) is 11.1 Å². The second kappa shape index (κ2) is 8.88. The van der Waals surface area contributed by atoms with Crippen molar-refractivity contribution in [1.29, 1.82) is 0 Å². The minimum absolute atomic E-state index is 0.673. The Labute approximate surface area is 151 Å². The van der Waals surface area contributed by atoms with Crippen LogP contribution in [0.1, 0.15) is 16.7 Å². The van der Waals surface area contributed by atoms with Crippen molar-refractivity contribution in [2.75, 3.05) is 51.2 Å². The molecule has 25 heavy (non-hydrogen) atoms. The van der Waals surface area contributed by atoms with E-state index in [-0.39, 0.29) is 0 Å². The van der Waals surface area contributed by atoms with Gasteiger partial charge in [-0.05, 0) is 55.7 Å². The van der Waals surface area contributed by atoms with Crippen LogP contribution >= 0.6 is 0 Å². The molecule has 2 aromatic rings. The first-order chi connectivity index (χ1) is 12.0. The lowest BCUT2D eigenvalue weighted by atomic mass is 9.92. The number of anilines is 2. The number of ether oxygens (including phenoxy) is 2. The van der Waals surface area contributed by atoms with Crippen LogP contribution in [0.15, 0.2) is 30.3 Å². The quantitative estimate of drug-likeness (QED) is 0.738. The first-order valence-corrected chi connectivity index (χ1v) is 8.68. The molecule has 0 saturated carbocycles. The third kappa shape index (κ3) is 4.74. The van der Waals surface area contributed by atoms with Gasteiger partial charge in [-0.1, -0.05) is 17.7 Å². The van der Waals surface area contributed by atoms with Gasteiger partial charge in [0.05, 0.1) is 13.2 Å². The van der Waals surface area contributed by atoms with Gasteiger partial charge in [-0.15, -0.1) is 0 Å². The van der Waals surface area contributed by atoms with E-state index in [0.717, 1.165) is 30.0 Å². The molecule has 0 saturated heterocycles. The topological polar surface area (TPSA) is 47.7 Å². The monoisotopic (exact) mass is 342 g/mol. The predicted octanol–water partition coefficient (Wildman–Crippen LogP) is 3.96. The first-order valence-electron chi connectivity index (χ1n) is 8.68. The molecule has 0 amide bonds. The van der Waals surface area contributed by atoms with E-state index in [9.17, 15) is 0 Å². The lowest BCUT2D eigenvalue weighted by Crippen LogP contribution is -2.30. The zero-order valence-corrected chi connectivity index (χ0v) is 16.1. The van der Waals surface area contributed by atoms with E-state index < -0.39 is 0 Å². The van der Waals surface area contributed by atoms with Crippen LogP contribution in [0.4, 0.5) is 11.4 Å². The molecule has 0 aliphatic heterocycles. The average Bonchev–Trinajstić information content (AvgIpc) is 2.56. The van der Waals surface area contributed by atoms with Gasteiger partial charge in [0.2, 0.25) is 0 Å². The van der Waals surface area contributed by atoms with Crippen LogP contribution < -0.4 is 10.6 Å². The molecule has 136 valence electrons. The van der Waals surface area contributed by atoms with Crippen molar-refractivity contribution in [1.82, 2.24) is 0 Å². The third-order valence-corrected chi connectivity index (χ3v) is 4.48. The van der Waals surface area contributed by atoms with Crippen LogP contribution in [0.3, 0.4) is 0 Å². The molecule has 2 rings (SSSR count). The third-order valence-electron chi connectivity index (χ3n) is 4.48. The zero-order chi connectivity index (χ0) is 18.4. The highest BCUT2D eigenvalue weighted by molar-refractivity contribution is 5.83. The van der Waals surface area contributed by atoms with Crippen LogP contribution in [0.2, 0.25) is 0 Å². The van der Waals surface area contributed by atoms with E-state index >= 15 is 0 Å². The maximum atomic E-state index is 6.33. The zero-order valence-electron chi connectivity index (χ0n) is 16.1. The Hall–Kier alpha value is -2.04. The van der Waals surface area contributed by atoms with Crippen LogP contribution in [-0.4, -0.2) is 40.5 Å². The fraction of sp³-hybridized carbons (Fsp3) is 0.429. The van der Waals surface area contributed by atoms with Crippen molar-refractivity contribution in [3.63, 3.8) is 0 Å². The van der Waals surface area contributed by atoms with E-state index in [4.69, 9.17) is 15.2 Å². The summed E-state index contributed by atoms with van der Waals surface area (Å²) in [5.74, 6) is 0. The molecule has 0 aliphatic rings. The van der Waals surface area contributed by atoms with Gasteiger partial charge in [-0.2, -0.15) is 0 Å². The van der Waals surface area contributed by atoms with E-state index in [1.807, 2.05) is 6.07 Å². The molecule has 0 aliphatic carbocycles. The summed E-state index contributed by atoms with van der Waals surface area (Å²) in [7, 11) is 3.45. The largest absolute Gasteiger partial charge is 0.398 e. The fourth-order valence-electron chi connectivity index (χ4n) is 3.34. The van der Waals surface area contributed by atoms with Crippen LogP contribution in [-0.2, 0) is 9.47 Å². The number of nitrogen functional groups attached to an aromatic ring is 1. The molecule has 0 radical (unpaired) electrons. The number of benzene rings is 2. The van der Waals surface area contributed by atoms with E-state index in [2.05, 4.69) is 49.9 Å². The number of rotatable bonds is 8.